The number of halogens is 3. The highest BCUT2D eigenvalue weighted by molar-refractivity contribution is 9.13. The highest BCUT2D eigenvalue weighted by atomic mass is 79.9. The van der Waals surface area contributed by atoms with E-state index in [1.54, 1.807) is 25.6 Å². The number of hydrogen-bond donors (Lipinski definition) is 0. The first-order chi connectivity index (χ1) is 9.47. The summed E-state index contributed by atoms with van der Waals surface area (Å²) < 4.78 is 12.9. The van der Waals surface area contributed by atoms with Crippen LogP contribution in [0.3, 0.4) is 0 Å². The van der Waals surface area contributed by atoms with E-state index in [2.05, 4.69) is 60.8 Å². The van der Waals surface area contributed by atoms with Crippen LogP contribution in [0.5, 0.6) is 11.5 Å². The lowest BCUT2D eigenvalue weighted by Crippen LogP contribution is -1.98. The Bertz CT molecular complexity index is 606. The van der Waals surface area contributed by atoms with Gasteiger partial charge in [-0.3, -0.25) is 0 Å². The van der Waals surface area contributed by atoms with Crippen LogP contribution in [0.1, 0.15) is 20.8 Å². The predicted octanol–water partition coefficient (Wildman–Crippen LogP) is 6.08. The van der Waals surface area contributed by atoms with E-state index in [1.165, 1.54) is 10.4 Å². The molecule has 1 aromatic heterocycles. The van der Waals surface area contributed by atoms with Crippen LogP contribution in [-0.2, 0) is 0 Å². The fraction of sp³-hybridized carbons (Fsp3) is 0.286. The maximum Gasteiger partial charge on any atom is 0.161 e. The van der Waals surface area contributed by atoms with E-state index in [0.29, 0.717) is 0 Å². The van der Waals surface area contributed by atoms with Gasteiger partial charge in [-0.05, 0) is 68.1 Å². The minimum atomic E-state index is 0.120. The van der Waals surface area contributed by atoms with E-state index in [0.717, 1.165) is 25.3 Å². The van der Waals surface area contributed by atoms with Gasteiger partial charge in [-0.1, -0.05) is 15.9 Å². The number of ether oxygens (including phenoxy) is 2. The van der Waals surface area contributed by atoms with Gasteiger partial charge in [-0.2, -0.15) is 0 Å². The van der Waals surface area contributed by atoms with Crippen LogP contribution in [0.15, 0.2) is 26.5 Å². The standard InChI is InChI=1S/C14H13Br3O2S/c1-7-4-10(18-2)11(19-3)5-8(7)13(16)12-6-9(15)14(17)20-12/h4-6,13H,1-3H3. The lowest BCUT2D eigenvalue weighted by atomic mass is 10.0. The fourth-order valence-electron chi connectivity index (χ4n) is 1.91. The van der Waals surface area contributed by atoms with E-state index in [-0.39, 0.29) is 4.83 Å². The Morgan fingerprint density at radius 3 is 2.15 bits per heavy atom. The monoisotopic (exact) mass is 482 g/mol. The normalized spacial score (nSPS) is 12.3. The van der Waals surface area contributed by atoms with Crippen molar-refractivity contribution in [3.8, 4) is 11.5 Å². The molecular formula is C14H13Br3O2S. The molecule has 0 radical (unpaired) electrons. The zero-order valence-electron chi connectivity index (χ0n) is 11.2. The zero-order chi connectivity index (χ0) is 14.9. The lowest BCUT2D eigenvalue weighted by molar-refractivity contribution is 0.354. The Balaban J connectivity index is 2.46. The van der Waals surface area contributed by atoms with E-state index < -0.39 is 0 Å². The van der Waals surface area contributed by atoms with Gasteiger partial charge in [0.15, 0.2) is 11.5 Å². The molecule has 108 valence electrons. The van der Waals surface area contributed by atoms with Crippen molar-refractivity contribution in [1.29, 1.82) is 0 Å². The number of rotatable bonds is 4. The van der Waals surface area contributed by atoms with Crippen LogP contribution < -0.4 is 9.47 Å². The predicted molar refractivity (Wildman–Crippen MR) is 94.8 cm³/mol. The molecule has 1 heterocycles. The Labute approximate surface area is 147 Å². The maximum atomic E-state index is 5.39. The summed E-state index contributed by atoms with van der Waals surface area (Å²) in [6, 6.07) is 6.14. The molecule has 0 amide bonds. The van der Waals surface area contributed by atoms with E-state index in [9.17, 15) is 0 Å². The lowest BCUT2D eigenvalue weighted by Gasteiger charge is -2.16. The summed E-state index contributed by atoms with van der Waals surface area (Å²) in [6.07, 6.45) is 0. The number of alkyl halides is 1. The van der Waals surface area contributed by atoms with Crippen molar-refractivity contribution in [2.75, 3.05) is 14.2 Å². The van der Waals surface area contributed by atoms with E-state index in [4.69, 9.17) is 9.47 Å². The summed E-state index contributed by atoms with van der Waals surface area (Å²) >= 11 is 12.5. The molecule has 2 rings (SSSR count). The second kappa shape index (κ2) is 6.81. The van der Waals surface area contributed by atoms with E-state index >= 15 is 0 Å². The highest BCUT2D eigenvalue weighted by Crippen LogP contribution is 2.44. The van der Waals surface area contributed by atoms with Crippen molar-refractivity contribution >= 4 is 59.1 Å². The van der Waals surface area contributed by atoms with Crippen molar-refractivity contribution < 1.29 is 9.47 Å². The summed E-state index contributed by atoms with van der Waals surface area (Å²) in [5, 5.41) is 0. The quantitative estimate of drug-likeness (QED) is 0.489. The molecule has 0 aliphatic carbocycles. The molecule has 0 saturated heterocycles. The molecule has 0 aliphatic rings. The third-order valence-corrected chi connectivity index (χ3v) is 7.57. The summed E-state index contributed by atoms with van der Waals surface area (Å²) in [5.41, 5.74) is 2.33. The van der Waals surface area contributed by atoms with Gasteiger partial charge in [0.2, 0.25) is 0 Å². The average molecular weight is 485 g/mol. The first-order valence-electron chi connectivity index (χ1n) is 5.79. The van der Waals surface area contributed by atoms with Gasteiger partial charge in [0.05, 0.1) is 22.8 Å². The molecule has 0 aliphatic heterocycles. The molecule has 2 nitrogen and oxygen atoms in total. The molecule has 1 atom stereocenters. The van der Waals surface area contributed by atoms with Gasteiger partial charge in [0.25, 0.3) is 0 Å². The largest absolute Gasteiger partial charge is 0.493 e. The van der Waals surface area contributed by atoms with Gasteiger partial charge in [-0.25, -0.2) is 0 Å². The van der Waals surface area contributed by atoms with Crippen LogP contribution in [0.4, 0.5) is 0 Å². The Kier molecular flexibility index (Phi) is 5.56. The van der Waals surface area contributed by atoms with Crippen molar-refractivity contribution in [2.45, 2.75) is 11.8 Å². The fourth-order valence-corrected chi connectivity index (χ4v) is 4.90. The van der Waals surface area contributed by atoms with Crippen molar-refractivity contribution in [2.24, 2.45) is 0 Å². The number of methoxy groups -OCH3 is 2. The van der Waals surface area contributed by atoms with Crippen LogP contribution in [0.25, 0.3) is 0 Å². The molecule has 0 N–H and O–H groups in total. The van der Waals surface area contributed by atoms with Gasteiger partial charge in [0, 0.05) is 9.35 Å². The van der Waals surface area contributed by atoms with Crippen molar-refractivity contribution in [3.05, 3.63) is 42.5 Å². The first-order valence-corrected chi connectivity index (χ1v) is 9.11. The van der Waals surface area contributed by atoms with Gasteiger partial charge in [0.1, 0.15) is 0 Å². The molecule has 0 bridgehead atoms. The SMILES string of the molecule is COc1cc(C)c(C(Br)c2cc(Br)c(Br)s2)cc1OC. The molecule has 2 aromatic rings. The topological polar surface area (TPSA) is 18.5 Å². The molecule has 0 spiro atoms. The molecule has 1 aromatic carbocycles. The second-order valence-corrected chi connectivity index (χ2v) is 8.37. The smallest absolute Gasteiger partial charge is 0.161 e. The molecule has 6 heteroatoms. The zero-order valence-corrected chi connectivity index (χ0v) is 16.7. The number of thiophene rings is 1. The van der Waals surface area contributed by atoms with Crippen LogP contribution in [-0.4, -0.2) is 14.2 Å². The molecular weight excluding hydrogens is 472 g/mol. The molecule has 0 fully saturated rings. The minimum absolute atomic E-state index is 0.120. The average Bonchev–Trinajstić information content (AvgIpc) is 2.77. The summed E-state index contributed by atoms with van der Waals surface area (Å²) in [6.45, 7) is 2.07. The van der Waals surface area contributed by atoms with Gasteiger partial charge >= 0.3 is 0 Å². The third-order valence-electron chi connectivity index (χ3n) is 2.96. The summed E-state index contributed by atoms with van der Waals surface area (Å²) in [4.78, 5) is 1.34. The third kappa shape index (κ3) is 3.24. The van der Waals surface area contributed by atoms with Crippen molar-refractivity contribution in [1.82, 2.24) is 0 Å². The maximum absolute atomic E-state index is 5.39. The molecule has 1 unspecified atom stereocenters. The van der Waals surface area contributed by atoms with Gasteiger partial charge < -0.3 is 9.47 Å². The summed E-state index contributed by atoms with van der Waals surface area (Å²) in [5.74, 6) is 1.49. The van der Waals surface area contributed by atoms with Crippen molar-refractivity contribution in [3.63, 3.8) is 0 Å². The summed E-state index contributed by atoms with van der Waals surface area (Å²) in [7, 11) is 3.30. The Morgan fingerprint density at radius 1 is 1.05 bits per heavy atom. The van der Waals surface area contributed by atoms with E-state index in [1.807, 2.05) is 12.1 Å². The number of benzene rings is 1. The second-order valence-electron chi connectivity index (χ2n) is 4.20. The highest BCUT2D eigenvalue weighted by Gasteiger charge is 2.19. The van der Waals surface area contributed by atoms with Crippen LogP contribution >= 0.6 is 59.1 Å². The Morgan fingerprint density at radius 2 is 1.65 bits per heavy atom. The number of aryl methyl sites for hydroxylation is 1. The van der Waals surface area contributed by atoms with Gasteiger partial charge in [-0.15, -0.1) is 11.3 Å². The minimum Gasteiger partial charge on any atom is -0.493 e. The molecule has 20 heavy (non-hydrogen) atoms. The first kappa shape index (κ1) is 16.3. The van der Waals surface area contributed by atoms with Crippen LogP contribution in [0, 0.1) is 6.92 Å². The molecule has 0 saturated carbocycles. The van der Waals surface area contributed by atoms with Crippen LogP contribution in [0.2, 0.25) is 0 Å². The number of hydrogen-bond acceptors (Lipinski definition) is 3. The Hall–Kier alpha value is -0.0400.